The zero-order chi connectivity index (χ0) is 13.8. The molecule has 98 valence electrons. The molecule has 2 rings (SSSR count). The number of anilines is 1. The summed E-state index contributed by atoms with van der Waals surface area (Å²) in [5, 5.41) is 12.5. The van der Waals surface area contributed by atoms with Gasteiger partial charge in [0, 0.05) is 24.1 Å². The van der Waals surface area contributed by atoms with Crippen molar-refractivity contribution < 1.29 is 14.6 Å². The van der Waals surface area contributed by atoms with E-state index in [2.05, 4.69) is 10.3 Å². The van der Waals surface area contributed by atoms with Crippen molar-refractivity contribution in [1.29, 1.82) is 0 Å². The fourth-order valence-corrected chi connectivity index (χ4v) is 1.73. The normalized spacial score (nSPS) is 10.0. The molecule has 0 saturated heterocycles. The Kier molecular flexibility index (Phi) is 3.87. The third-order valence-corrected chi connectivity index (χ3v) is 2.75. The van der Waals surface area contributed by atoms with Gasteiger partial charge in [0.05, 0.1) is 17.7 Å². The van der Waals surface area contributed by atoms with Gasteiger partial charge in [0.25, 0.3) is 5.91 Å². The molecule has 1 amide bonds. The lowest BCUT2D eigenvalue weighted by molar-refractivity contribution is 0.102. The largest absolute Gasteiger partial charge is 0.504 e. The summed E-state index contributed by atoms with van der Waals surface area (Å²) in [6.45, 7) is 0. The van der Waals surface area contributed by atoms with Crippen molar-refractivity contribution in [1.82, 2.24) is 4.98 Å². The molecular formula is C13H11ClN2O3. The number of carbonyl (C=O) groups excluding carboxylic acids is 1. The molecule has 0 bridgehead atoms. The van der Waals surface area contributed by atoms with Crippen LogP contribution in [0, 0.1) is 0 Å². The lowest BCUT2D eigenvalue weighted by Gasteiger charge is -2.08. The van der Waals surface area contributed by atoms with Crippen LogP contribution in [0.15, 0.2) is 36.7 Å². The molecule has 2 aromatic rings. The second-order valence-corrected chi connectivity index (χ2v) is 4.10. The minimum absolute atomic E-state index is 0.0545. The zero-order valence-corrected chi connectivity index (χ0v) is 10.8. The minimum Gasteiger partial charge on any atom is -0.504 e. The lowest BCUT2D eigenvalue weighted by Crippen LogP contribution is -2.12. The van der Waals surface area contributed by atoms with E-state index in [-0.39, 0.29) is 16.7 Å². The van der Waals surface area contributed by atoms with E-state index in [9.17, 15) is 9.90 Å². The Balaban J connectivity index is 2.20. The zero-order valence-electron chi connectivity index (χ0n) is 10.1. The van der Waals surface area contributed by atoms with Crippen molar-refractivity contribution in [2.75, 3.05) is 12.4 Å². The first kappa shape index (κ1) is 13.2. The van der Waals surface area contributed by atoms with E-state index in [1.807, 2.05) is 0 Å². The number of methoxy groups -OCH3 is 1. The average Bonchev–Trinajstić information content (AvgIpc) is 2.39. The average molecular weight is 279 g/mol. The maximum atomic E-state index is 12.0. The number of amides is 1. The number of pyridine rings is 1. The fraction of sp³-hybridized carbons (Fsp3) is 0.0769. The van der Waals surface area contributed by atoms with Crippen LogP contribution in [0.4, 0.5) is 5.69 Å². The van der Waals surface area contributed by atoms with E-state index >= 15 is 0 Å². The van der Waals surface area contributed by atoms with Gasteiger partial charge in [-0.15, -0.1) is 0 Å². The predicted octanol–water partition coefficient (Wildman–Crippen LogP) is 2.70. The summed E-state index contributed by atoms with van der Waals surface area (Å²) in [6.07, 6.45) is 2.87. The second-order valence-electron chi connectivity index (χ2n) is 3.70. The maximum Gasteiger partial charge on any atom is 0.257 e. The van der Waals surface area contributed by atoms with Crippen LogP contribution in [0.25, 0.3) is 0 Å². The number of ether oxygens (including phenoxy) is 1. The summed E-state index contributed by atoms with van der Waals surface area (Å²) in [5.74, 6) is -0.0990. The minimum atomic E-state index is -0.378. The molecule has 0 aliphatic carbocycles. The van der Waals surface area contributed by atoms with Crippen molar-refractivity contribution >= 4 is 23.2 Å². The van der Waals surface area contributed by atoms with Crippen molar-refractivity contribution in [3.8, 4) is 11.5 Å². The lowest BCUT2D eigenvalue weighted by atomic mass is 10.2. The molecule has 0 saturated carbocycles. The van der Waals surface area contributed by atoms with E-state index < -0.39 is 0 Å². The number of hydrogen-bond donors (Lipinski definition) is 2. The Morgan fingerprint density at radius 1 is 1.42 bits per heavy atom. The number of nitrogens with zero attached hydrogens (tertiary/aromatic N) is 1. The van der Waals surface area contributed by atoms with Crippen LogP contribution in [0.3, 0.4) is 0 Å². The number of carbonyl (C=O) groups is 1. The van der Waals surface area contributed by atoms with E-state index in [1.165, 1.54) is 31.6 Å². The number of nitrogens with one attached hydrogen (secondary N) is 1. The fourth-order valence-electron chi connectivity index (χ4n) is 1.53. The summed E-state index contributed by atoms with van der Waals surface area (Å²) in [7, 11) is 1.45. The van der Waals surface area contributed by atoms with Crippen molar-refractivity contribution in [3.63, 3.8) is 0 Å². The van der Waals surface area contributed by atoms with Gasteiger partial charge in [0.15, 0.2) is 11.5 Å². The van der Waals surface area contributed by atoms with E-state index in [1.54, 1.807) is 12.1 Å². The smallest absolute Gasteiger partial charge is 0.257 e. The first-order valence-electron chi connectivity index (χ1n) is 5.39. The molecule has 0 aliphatic rings. The van der Waals surface area contributed by atoms with Gasteiger partial charge < -0.3 is 15.2 Å². The van der Waals surface area contributed by atoms with Crippen LogP contribution in [0.2, 0.25) is 5.02 Å². The number of phenolic OH excluding ortho intramolecular Hbond substituents is 1. The molecule has 0 aliphatic heterocycles. The van der Waals surface area contributed by atoms with Gasteiger partial charge in [-0.1, -0.05) is 11.6 Å². The quantitative estimate of drug-likeness (QED) is 0.905. The Labute approximate surface area is 114 Å². The van der Waals surface area contributed by atoms with Gasteiger partial charge in [0.1, 0.15) is 0 Å². The SMILES string of the molecule is COc1ccc(NC(=O)c2ccncc2Cl)cc1O. The second kappa shape index (κ2) is 5.58. The van der Waals surface area contributed by atoms with Crippen molar-refractivity contribution in [3.05, 3.63) is 47.2 Å². The van der Waals surface area contributed by atoms with Crippen LogP contribution in [-0.4, -0.2) is 23.1 Å². The predicted molar refractivity (Wildman–Crippen MR) is 71.9 cm³/mol. The number of rotatable bonds is 3. The maximum absolute atomic E-state index is 12.0. The number of aromatic nitrogens is 1. The highest BCUT2D eigenvalue weighted by molar-refractivity contribution is 6.34. The van der Waals surface area contributed by atoms with E-state index in [0.29, 0.717) is 17.0 Å². The van der Waals surface area contributed by atoms with Gasteiger partial charge >= 0.3 is 0 Å². The van der Waals surface area contributed by atoms with E-state index in [0.717, 1.165) is 0 Å². The molecule has 6 heteroatoms. The van der Waals surface area contributed by atoms with Crippen LogP contribution >= 0.6 is 11.6 Å². The number of aromatic hydroxyl groups is 1. The van der Waals surface area contributed by atoms with Gasteiger partial charge in [-0.25, -0.2) is 0 Å². The molecule has 1 aromatic carbocycles. The molecule has 1 aromatic heterocycles. The Morgan fingerprint density at radius 3 is 2.84 bits per heavy atom. The summed E-state index contributed by atoms with van der Waals surface area (Å²) in [6, 6.07) is 6.08. The first-order chi connectivity index (χ1) is 9.11. The Morgan fingerprint density at radius 2 is 2.21 bits per heavy atom. The highest BCUT2D eigenvalue weighted by Crippen LogP contribution is 2.28. The molecule has 2 N–H and O–H groups in total. The molecule has 0 atom stereocenters. The molecule has 0 unspecified atom stereocenters. The van der Waals surface area contributed by atoms with E-state index in [4.69, 9.17) is 16.3 Å². The van der Waals surface area contributed by atoms with Crippen molar-refractivity contribution in [2.24, 2.45) is 0 Å². The molecule has 0 spiro atoms. The standard InChI is InChI=1S/C13H11ClN2O3/c1-19-12-3-2-8(6-11(12)17)16-13(18)9-4-5-15-7-10(9)14/h2-7,17H,1H3,(H,16,18). The van der Waals surface area contributed by atoms with Crippen molar-refractivity contribution in [2.45, 2.75) is 0 Å². The van der Waals surface area contributed by atoms with Gasteiger partial charge in [0.2, 0.25) is 0 Å². The monoisotopic (exact) mass is 278 g/mol. The Bertz CT molecular complexity index is 617. The number of phenols is 1. The van der Waals surface area contributed by atoms with Gasteiger partial charge in [-0.05, 0) is 18.2 Å². The molecular weight excluding hydrogens is 268 g/mol. The van der Waals surface area contributed by atoms with Gasteiger partial charge in [-0.2, -0.15) is 0 Å². The number of benzene rings is 1. The summed E-state index contributed by atoms with van der Waals surface area (Å²) >= 11 is 5.87. The molecule has 0 radical (unpaired) electrons. The number of hydrogen-bond acceptors (Lipinski definition) is 4. The summed E-state index contributed by atoms with van der Waals surface area (Å²) in [4.78, 5) is 15.8. The third-order valence-electron chi connectivity index (χ3n) is 2.45. The molecule has 0 fully saturated rings. The topological polar surface area (TPSA) is 71.5 Å². The number of halogens is 1. The summed E-state index contributed by atoms with van der Waals surface area (Å²) in [5.41, 5.74) is 0.753. The highest BCUT2D eigenvalue weighted by Gasteiger charge is 2.11. The van der Waals surface area contributed by atoms with Crippen LogP contribution in [-0.2, 0) is 0 Å². The summed E-state index contributed by atoms with van der Waals surface area (Å²) < 4.78 is 4.92. The third kappa shape index (κ3) is 2.95. The highest BCUT2D eigenvalue weighted by atomic mass is 35.5. The molecule has 1 heterocycles. The Hall–Kier alpha value is -2.27. The molecule has 19 heavy (non-hydrogen) atoms. The molecule has 5 nitrogen and oxygen atoms in total. The van der Waals surface area contributed by atoms with Crippen LogP contribution in [0.5, 0.6) is 11.5 Å². The van der Waals surface area contributed by atoms with Gasteiger partial charge in [-0.3, -0.25) is 9.78 Å². The van der Waals surface area contributed by atoms with Crippen LogP contribution < -0.4 is 10.1 Å². The van der Waals surface area contributed by atoms with Crippen LogP contribution in [0.1, 0.15) is 10.4 Å². The first-order valence-corrected chi connectivity index (χ1v) is 5.77.